The summed E-state index contributed by atoms with van der Waals surface area (Å²) in [7, 11) is -2.98. The minimum absolute atomic E-state index is 0.0595. The minimum atomic E-state index is -2.98. The Morgan fingerprint density at radius 1 is 1.33 bits per heavy atom. The molecule has 7 nitrogen and oxygen atoms in total. The lowest BCUT2D eigenvalue weighted by Crippen LogP contribution is -2.41. The van der Waals surface area contributed by atoms with E-state index in [4.69, 9.17) is 0 Å². The molecule has 1 aliphatic heterocycles. The zero-order chi connectivity index (χ0) is 15.6. The number of non-ortho nitro benzene ring substituents is 1. The first-order valence-electron chi connectivity index (χ1n) is 6.24. The third-order valence-electron chi connectivity index (χ3n) is 3.30. The number of carbonyl (C=O) groups excluding carboxylic acids is 1. The van der Waals surface area contributed by atoms with Gasteiger partial charge in [0.1, 0.15) is 9.84 Å². The molecule has 1 aliphatic rings. The lowest BCUT2D eigenvalue weighted by molar-refractivity contribution is -0.384. The van der Waals surface area contributed by atoms with Gasteiger partial charge in [0.25, 0.3) is 11.6 Å². The quantitative estimate of drug-likeness (QED) is 0.450. The number of carbonyl (C=O) groups is 1. The fourth-order valence-electron chi connectivity index (χ4n) is 2.10. The summed E-state index contributed by atoms with van der Waals surface area (Å²) >= 11 is 1.94. The van der Waals surface area contributed by atoms with Gasteiger partial charge >= 0.3 is 0 Å². The molecule has 1 saturated heterocycles. The molecule has 1 N–H and O–H groups in total. The minimum Gasteiger partial charge on any atom is -0.349 e. The standard InChI is InChI=1S/C12H13IN2O5S/c13-11-2-1-9(15(17)18)7-10(11)12(16)14-8-3-5-21(19,20)6-4-8/h1-2,7-8H,3-6H2,(H,14,16). The highest BCUT2D eigenvalue weighted by atomic mass is 127. The van der Waals surface area contributed by atoms with Crippen LogP contribution < -0.4 is 5.32 Å². The predicted molar refractivity (Wildman–Crippen MR) is 85.0 cm³/mol. The van der Waals surface area contributed by atoms with E-state index in [0.29, 0.717) is 16.4 Å². The zero-order valence-corrected chi connectivity index (χ0v) is 13.9. The second kappa shape index (κ2) is 6.26. The van der Waals surface area contributed by atoms with E-state index >= 15 is 0 Å². The largest absolute Gasteiger partial charge is 0.349 e. The Morgan fingerprint density at radius 2 is 1.95 bits per heavy atom. The Kier molecular flexibility index (Phi) is 4.81. The topological polar surface area (TPSA) is 106 Å². The molecule has 2 rings (SSSR count). The predicted octanol–water partition coefficient (Wildman–Crippen LogP) is 1.51. The number of amides is 1. The third-order valence-corrected chi connectivity index (χ3v) is 5.95. The van der Waals surface area contributed by atoms with Crippen LogP contribution in [0.5, 0.6) is 0 Å². The number of nitro benzene ring substituents is 1. The summed E-state index contributed by atoms with van der Waals surface area (Å²) in [5, 5.41) is 13.5. The van der Waals surface area contributed by atoms with Gasteiger partial charge in [0.15, 0.2) is 0 Å². The number of nitrogens with one attached hydrogen (secondary N) is 1. The van der Waals surface area contributed by atoms with Gasteiger partial charge in [-0.15, -0.1) is 0 Å². The summed E-state index contributed by atoms with van der Waals surface area (Å²) in [5.74, 6) is -0.291. The van der Waals surface area contributed by atoms with Gasteiger partial charge in [-0.05, 0) is 41.5 Å². The van der Waals surface area contributed by atoms with Crippen LogP contribution in [-0.4, -0.2) is 36.8 Å². The maximum Gasteiger partial charge on any atom is 0.270 e. The molecular weight excluding hydrogens is 411 g/mol. The van der Waals surface area contributed by atoms with E-state index in [1.165, 1.54) is 18.2 Å². The molecular formula is C12H13IN2O5S. The Labute approximate surface area is 135 Å². The molecule has 0 atom stereocenters. The number of nitrogens with zero attached hydrogens (tertiary/aromatic N) is 1. The van der Waals surface area contributed by atoms with Crippen LogP contribution in [0.25, 0.3) is 0 Å². The average Bonchev–Trinajstić information content (AvgIpc) is 2.41. The van der Waals surface area contributed by atoms with Gasteiger partial charge in [0.2, 0.25) is 0 Å². The van der Waals surface area contributed by atoms with Crippen LogP contribution in [0.15, 0.2) is 18.2 Å². The van der Waals surface area contributed by atoms with E-state index in [1.54, 1.807) is 0 Å². The SMILES string of the molecule is O=C(NC1CCS(=O)(=O)CC1)c1cc([N+](=O)[O-])ccc1I. The number of hydrogen-bond acceptors (Lipinski definition) is 5. The molecule has 0 radical (unpaired) electrons. The molecule has 1 amide bonds. The molecule has 1 heterocycles. The van der Waals surface area contributed by atoms with Crippen molar-refractivity contribution in [3.63, 3.8) is 0 Å². The van der Waals surface area contributed by atoms with Crippen LogP contribution in [0, 0.1) is 13.7 Å². The van der Waals surface area contributed by atoms with Crippen LogP contribution in [0.1, 0.15) is 23.2 Å². The smallest absolute Gasteiger partial charge is 0.270 e. The van der Waals surface area contributed by atoms with Crippen LogP contribution in [0.4, 0.5) is 5.69 Å². The van der Waals surface area contributed by atoms with Gasteiger partial charge in [-0.25, -0.2) is 8.42 Å². The van der Waals surface area contributed by atoms with E-state index in [1.807, 2.05) is 22.6 Å². The van der Waals surface area contributed by atoms with Crippen LogP contribution >= 0.6 is 22.6 Å². The van der Waals surface area contributed by atoms with E-state index < -0.39 is 20.7 Å². The highest BCUT2D eigenvalue weighted by molar-refractivity contribution is 14.1. The number of rotatable bonds is 3. The molecule has 1 fully saturated rings. The lowest BCUT2D eigenvalue weighted by atomic mass is 10.1. The van der Waals surface area contributed by atoms with E-state index in [0.717, 1.165) is 0 Å². The normalized spacial score (nSPS) is 18.1. The second-order valence-corrected chi connectivity index (χ2v) is 8.29. The number of halogens is 1. The monoisotopic (exact) mass is 424 g/mol. The van der Waals surface area contributed by atoms with Gasteiger partial charge < -0.3 is 5.32 Å². The number of sulfone groups is 1. The van der Waals surface area contributed by atoms with Crippen molar-refractivity contribution in [3.05, 3.63) is 37.4 Å². The van der Waals surface area contributed by atoms with E-state index in [9.17, 15) is 23.3 Å². The van der Waals surface area contributed by atoms with Crippen molar-refractivity contribution in [1.82, 2.24) is 5.32 Å². The summed E-state index contributed by atoms with van der Waals surface area (Å²) in [4.78, 5) is 22.4. The van der Waals surface area contributed by atoms with Crippen molar-refractivity contribution in [3.8, 4) is 0 Å². The molecule has 1 aromatic rings. The van der Waals surface area contributed by atoms with Crippen molar-refractivity contribution in [2.24, 2.45) is 0 Å². The molecule has 0 unspecified atom stereocenters. The molecule has 0 aliphatic carbocycles. The summed E-state index contributed by atoms with van der Waals surface area (Å²) in [5.41, 5.74) is 0.0880. The zero-order valence-electron chi connectivity index (χ0n) is 10.9. The Balaban J connectivity index is 2.10. The van der Waals surface area contributed by atoms with Crippen LogP contribution in [0.3, 0.4) is 0 Å². The summed E-state index contributed by atoms with van der Waals surface area (Å²) < 4.78 is 23.3. The van der Waals surface area contributed by atoms with Crippen molar-refractivity contribution in [1.29, 1.82) is 0 Å². The molecule has 9 heteroatoms. The van der Waals surface area contributed by atoms with Gasteiger partial charge in [-0.2, -0.15) is 0 Å². The first-order chi connectivity index (χ1) is 9.78. The maximum absolute atomic E-state index is 12.2. The van der Waals surface area contributed by atoms with Crippen molar-refractivity contribution in [2.75, 3.05) is 11.5 Å². The lowest BCUT2D eigenvalue weighted by Gasteiger charge is -2.23. The molecule has 21 heavy (non-hydrogen) atoms. The molecule has 1 aromatic carbocycles. The van der Waals surface area contributed by atoms with Crippen LogP contribution in [-0.2, 0) is 9.84 Å². The number of benzene rings is 1. The number of nitro groups is 1. The molecule has 0 saturated carbocycles. The average molecular weight is 424 g/mol. The van der Waals surface area contributed by atoms with Crippen molar-refractivity contribution in [2.45, 2.75) is 18.9 Å². The Morgan fingerprint density at radius 3 is 2.52 bits per heavy atom. The van der Waals surface area contributed by atoms with Gasteiger partial charge in [0.05, 0.1) is 22.0 Å². The van der Waals surface area contributed by atoms with Gasteiger partial charge in [-0.1, -0.05) is 0 Å². The highest BCUT2D eigenvalue weighted by Crippen LogP contribution is 2.20. The van der Waals surface area contributed by atoms with Gasteiger partial charge in [-0.3, -0.25) is 14.9 Å². The summed E-state index contributed by atoms with van der Waals surface area (Å²) in [6.07, 6.45) is 0.749. The molecule has 0 spiro atoms. The second-order valence-electron chi connectivity index (χ2n) is 4.82. The summed E-state index contributed by atoms with van der Waals surface area (Å²) in [6.45, 7) is 0. The first kappa shape index (κ1) is 16.1. The Bertz CT molecular complexity index is 675. The molecule has 0 aromatic heterocycles. The Hall–Kier alpha value is -1.23. The maximum atomic E-state index is 12.2. The molecule has 0 bridgehead atoms. The van der Waals surface area contributed by atoms with E-state index in [2.05, 4.69) is 5.32 Å². The fourth-order valence-corrected chi connectivity index (χ4v) is 4.17. The van der Waals surface area contributed by atoms with Crippen molar-refractivity contribution < 1.29 is 18.1 Å². The fraction of sp³-hybridized carbons (Fsp3) is 0.417. The highest BCUT2D eigenvalue weighted by Gasteiger charge is 2.26. The third kappa shape index (κ3) is 4.13. The summed E-state index contributed by atoms with van der Waals surface area (Å²) in [6, 6.07) is 3.87. The number of hydrogen-bond donors (Lipinski definition) is 1. The first-order valence-corrected chi connectivity index (χ1v) is 9.14. The van der Waals surface area contributed by atoms with E-state index in [-0.39, 0.29) is 28.8 Å². The van der Waals surface area contributed by atoms with Crippen molar-refractivity contribution >= 4 is 44.0 Å². The van der Waals surface area contributed by atoms with Gasteiger partial charge in [0, 0.05) is 21.7 Å². The molecule has 114 valence electrons. The van der Waals surface area contributed by atoms with Crippen LogP contribution in [0.2, 0.25) is 0 Å².